The van der Waals surface area contributed by atoms with E-state index in [4.69, 9.17) is 9.15 Å². The summed E-state index contributed by atoms with van der Waals surface area (Å²) in [5.74, 6) is 1.74. The highest BCUT2D eigenvalue weighted by Crippen LogP contribution is 2.31. The van der Waals surface area contributed by atoms with E-state index in [1.807, 2.05) is 30.3 Å². The van der Waals surface area contributed by atoms with Crippen molar-refractivity contribution in [1.82, 2.24) is 10.6 Å². The summed E-state index contributed by atoms with van der Waals surface area (Å²) < 4.78 is 10.8. The number of fused-ring (bicyclic) bond motifs is 1. The van der Waals surface area contributed by atoms with Gasteiger partial charge in [-0.1, -0.05) is 18.2 Å². The summed E-state index contributed by atoms with van der Waals surface area (Å²) in [6.07, 6.45) is 2.97. The molecule has 8 heteroatoms. The number of amides is 1. The molecule has 2 heterocycles. The van der Waals surface area contributed by atoms with Crippen LogP contribution in [0.1, 0.15) is 30.1 Å². The Morgan fingerprint density at radius 3 is 2.93 bits per heavy atom. The third-order valence-corrected chi connectivity index (χ3v) is 4.43. The van der Waals surface area contributed by atoms with Crippen molar-refractivity contribution in [2.24, 2.45) is 4.99 Å². The first-order valence-corrected chi connectivity index (χ1v) is 9.19. The van der Waals surface area contributed by atoms with Gasteiger partial charge in [0.2, 0.25) is 5.91 Å². The van der Waals surface area contributed by atoms with E-state index in [-0.39, 0.29) is 35.8 Å². The van der Waals surface area contributed by atoms with Crippen LogP contribution in [0, 0.1) is 0 Å². The topological polar surface area (TPSA) is 87.9 Å². The lowest BCUT2D eigenvalue weighted by atomic mass is 9.90. The predicted molar refractivity (Wildman–Crippen MR) is 120 cm³/mol. The number of nitrogens with zero attached hydrogens (tertiary/aromatic N) is 1. The number of hydrogen-bond acceptors (Lipinski definition) is 4. The Labute approximate surface area is 182 Å². The lowest BCUT2D eigenvalue weighted by Gasteiger charge is -2.26. The zero-order valence-electron chi connectivity index (χ0n) is 15.9. The molecular weight excluding hydrogens is 471 g/mol. The van der Waals surface area contributed by atoms with Gasteiger partial charge in [-0.15, -0.1) is 24.0 Å². The fourth-order valence-corrected chi connectivity index (χ4v) is 3.07. The number of aliphatic imine (C=N–C) groups is 1. The van der Waals surface area contributed by atoms with Gasteiger partial charge in [-0.2, -0.15) is 0 Å². The number of hydrogen-bond donors (Lipinski definition) is 3. The number of carbonyl (C=O) groups excluding carboxylic acids is 1. The number of guanidine groups is 1. The van der Waals surface area contributed by atoms with Gasteiger partial charge < -0.3 is 25.1 Å². The Kier molecular flexibility index (Phi) is 9.29. The lowest BCUT2D eigenvalue weighted by molar-refractivity contribution is -0.116. The highest BCUT2D eigenvalue weighted by Gasteiger charge is 2.24. The molecule has 3 N–H and O–H groups in total. The first kappa shape index (κ1) is 22.2. The molecule has 1 amide bonds. The minimum absolute atomic E-state index is 0. The Balaban J connectivity index is 0.00000280. The summed E-state index contributed by atoms with van der Waals surface area (Å²) in [5.41, 5.74) is 2.06. The van der Waals surface area contributed by atoms with E-state index < -0.39 is 0 Å². The van der Waals surface area contributed by atoms with E-state index >= 15 is 0 Å². The third-order valence-electron chi connectivity index (χ3n) is 4.43. The second-order valence-corrected chi connectivity index (χ2v) is 6.40. The Morgan fingerprint density at radius 2 is 2.14 bits per heavy atom. The fourth-order valence-electron chi connectivity index (χ4n) is 3.07. The number of para-hydroxylation sites is 1. The molecule has 1 aromatic heterocycles. The van der Waals surface area contributed by atoms with Crippen molar-refractivity contribution in [2.75, 3.05) is 32.1 Å². The summed E-state index contributed by atoms with van der Waals surface area (Å²) in [5, 5.41) is 9.51. The van der Waals surface area contributed by atoms with Crippen molar-refractivity contribution in [1.29, 1.82) is 0 Å². The lowest BCUT2D eigenvalue weighted by Crippen LogP contribution is -2.41. The molecule has 0 spiro atoms. The largest absolute Gasteiger partial charge is 0.467 e. The number of anilines is 1. The maximum atomic E-state index is 11.9. The SMILES string of the molecule is CN=C(NCCCOCc1ccco1)NCC1CC(=O)Nc2ccccc21.I. The van der Waals surface area contributed by atoms with E-state index in [0.29, 0.717) is 26.2 Å². The number of carbonyl (C=O) groups is 1. The molecule has 28 heavy (non-hydrogen) atoms. The summed E-state index contributed by atoms with van der Waals surface area (Å²) >= 11 is 0. The third kappa shape index (κ3) is 6.52. The van der Waals surface area contributed by atoms with E-state index in [9.17, 15) is 4.79 Å². The van der Waals surface area contributed by atoms with Crippen molar-refractivity contribution in [2.45, 2.75) is 25.4 Å². The van der Waals surface area contributed by atoms with Gasteiger partial charge in [0.25, 0.3) is 0 Å². The maximum Gasteiger partial charge on any atom is 0.225 e. The standard InChI is InChI=1S/C20H26N4O3.HI/c1-21-20(22-9-5-10-26-14-16-6-4-11-27-16)23-13-15-12-19(25)24-18-8-3-2-7-17(15)18;/h2-4,6-8,11,15H,5,9-10,12-14H2,1H3,(H,24,25)(H2,21,22,23);1H. The maximum absolute atomic E-state index is 11.9. The van der Waals surface area contributed by atoms with Crippen LogP contribution in [0.25, 0.3) is 0 Å². The number of nitrogens with one attached hydrogen (secondary N) is 3. The van der Waals surface area contributed by atoms with Crippen LogP contribution in [0.5, 0.6) is 0 Å². The van der Waals surface area contributed by atoms with Crippen LogP contribution < -0.4 is 16.0 Å². The highest BCUT2D eigenvalue weighted by atomic mass is 127. The second-order valence-electron chi connectivity index (χ2n) is 6.40. The molecule has 0 saturated carbocycles. The molecule has 0 radical (unpaired) electrons. The van der Waals surface area contributed by atoms with Crippen LogP contribution in [0.3, 0.4) is 0 Å². The summed E-state index contributed by atoms with van der Waals surface area (Å²) in [7, 11) is 1.74. The van der Waals surface area contributed by atoms with Crippen LogP contribution in [0.4, 0.5) is 5.69 Å². The van der Waals surface area contributed by atoms with Crippen LogP contribution in [-0.2, 0) is 16.1 Å². The Morgan fingerprint density at radius 1 is 1.29 bits per heavy atom. The van der Waals surface area contributed by atoms with Gasteiger partial charge >= 0.3 is 0 Å². The normalized spacial score (nSPS) is 16.0. The molecule has 0 fully saturated rings. The van der Waals surface area contributed by atoms with Crippen LogP contribution in [0.2, 0.25) is 0 Å². The highest BCUT2D eigenvalue weighted by molar-refractivity contribution is 14.0. The summed E-state index contributed by atoms with van der Waals surface area (Å²) in [6, 6.07) is 11.7. The number of rotatable bonds is 8. The van der Waals surface area contributed by atoms with Gasteiger partial charge in [-0.05, 0) is 30.2 Å². The molecule has 0 saturated heterocycles. The summed E-state index contributed by atoms with van der Waals surface area (Å²) in [4.78, 5) is 16.1. The fraction of sp³-hybridized carbons (Fsp3) is 0.400. The Hall–Kier alpha value is -2.07. The van der Waals surface area contributed by atoms with Gasteiger partial charge in [-0.25, -0.2) is 0 Å². The number of furan rings is 1. The van der Waals surface area contributed by atoms with Gasteiger partial charge in [0.15, 0.2) is 5.96 Å². The molecule has 152 valence electrons. The first-order valence-electron chi connectivity index (χ1n) is 9.19. The summed E-state index contributed by atoms with van der Waals surface area (Å²) in [6.45, 7) is 2.53. The van der Waals surface area contributed by atoms with E-state index in [2.05, 4.69) is 27.0 Å². The quantitative estimate of drug-likeness (QED) is 0.225. The average Bonchev–Trinajstić information content (AvgIpc) is 3.20. The first-order chi connectivity index (χ1) is 13.3. The molecule has 7 nitrogen and oxygen atoms in total. The molecule has 1 aliphatic rings. The second kappa shape index (κ2) is 11.7. The molecule has 3 rings (SSSR count). The predicted octanol–water partition coefficient (Wildman–Crippen LogP) is 3.10. The zero-order chi connectivity index (χ0) is 18.9. The van der Waals surface area contributed by atoms with E-state index in [1.165, 1.54) is 0 Å². The minimum atomic E-state index is 0. The molecule has 1 atom stereocenters. The van der Waals surface area contributed by atoms with Crippen LogP contribution in [0.15, 0.2) is 52.1 Å². The zero-order valence-corrected chi connectivity index (χ0v) is 18.3. The van der Waals surface area contributed by atoms with Crippen molar-refractivity contribution in [3.8, 4) is 0 Å². The molecule has 1 aromatic carbocycles. The number of benzene rings is 1. The van der Waals surface area contributed by atoms with Crippen molar-refractivity contribution < 1.29 is 13.9 Å². The van der Waals surface area contributed by atoms with Gasteiger partial charge in [0.1, 0.15) is 12.4 Å². The molecular formula is C20H27IN4O3. The van der Waals surface area contributed by atoms with Crippen molar-refractivity contribution >= 4 is 41.5 Å². The molecule has 0 aliphatic carbocycles. The molecule has 1 unspecified atom stereocenters. The average molecular weight is 498 g/mol. The number of ether oxygens (including phenoxy) is 1. The van der Waals surface area contributed by atoms with E-state index in [0.717, 1.165) is 35.9 Å². The van der Waals surface area contributed by atoms with Crippen LogP contribution >= 0.6 is 24.0 Å². The van der Waals surface area contributed by atoms with Gasteiger partial charge in [0.05, 0.1) is 6.26 Å². The minimum Gasteiger partial charge on any atom is -0.467 e. The number of halogens is 1. The van der Waals surface area contributed by atoms with Crippen molar-refractivity contribution in [3.63, 3.8) is 0 Å². The Bertz CT molecular complexity index is 765. The molecule has 0 bridgehead atoms. The molecule has 1 aliphatic heterocycles. The van der Waals surface area contributed by atoms with E-state index in [1.54, 1.807) is 13.3 Å². The van der Waals surface area contributed by atoms with Gasteiger partial charge in [0, 0.05) is 44.8 Å². The van der Waals surface area contributed by atoms with Gasteiger partial charge in [-0.3, -0.25) is 9.79 Å². The van der Waals surface area contributed by atoms with Crippen molar-refractivity contribution in [3.05, 3.63) is 54.0 Å². The monoisotopic (exact) mass is 498 g/mol. The molecule has 2 aromatic rings. The smallest absolute Gasteiger partial charge is 0.225 e. The van der Waals surface area contributed by atoms with Crippen LogP contribution in [-0.4, -0.2) is 38.6 Å².